The van der Waals surface area contributed by atoms with Gasteiger partial charge in [0.1, 0.15) is 5.76 Å². The Morgan fingerprint density at radius 1 is 1.26 bits per heavy atom. The normalized spacial score (nSPS) is 10.7. The first-order valence-corrected chi connectivity index (χ1v) is 7.55. The molecule has 0 fully saturated rings. The first-order chi connectivity index (χ1) is 10.8. The van der Waals surface area contributed by atoms with Crippen LogP contribution in [0.4, 0.5) is 0 Å². The summed E-state index contributed by atoms with van der Waals surface area (Å²) < 4.78 is 5.31. The molecule has 6 heteroatoms. The molecule has 2 aromatic rings. The van der Waals surface area contributed by atoms with E-state index in [-0.39, 0.29) is 24.0 Å². The van der Waals surface area contributed by atoms with E-state index < -0.39 is 0 Å². The fourth-order valence-electron chi connectivity index (χ4n) is 1.91. The third-order valence-corrected chi connectivity index (χ3v) is 3.20. The molecule has 0 atom stereocenters. The zero-order chi connectivity index (χ0) is 15.6. The van der Waals surface area contributed by atoms with Gasteiger partial charge < -0.3 is 15.1 Å². The Morgan fingerprint density at radius 2 is 2.13 bits per heavy atom. The summed E-state index contributed by atoms with van der Waals surface area (Å²) in [5.41, 5.74) is 1.07. The van der Waals surface area contributed by atoms with Crippen molar-refractivity contribution >= 4 is 41.5 Å². The number of guanidine groups is 1. The topological polar surface area (TPSA) is 49.6 Å². The van der Waals surface area contributed by atoms with Gasteiger partial charge in [-0.3, -0.25) is 0 Å². The minimum absolute atomic E-state index is 0. The van der Waals surface area contributed by atoms with E-state index in [1.54, 1.807) is 12.3 Å². The molecule has 1 aromatic carbocycles. The zero-order valence-corrected chi connectivity index (χ0v) is 15.9. The van der Waals surface area contributed by atoms with Crippen LogP contribution in [-0.4, -0.2) is 19.0 Å². The first-order valence-electron chi connectivity index (χ1n) is 7.18. The summed E-state index contributed by atoms with van der Waals surface area (Å²) in [6, 6.07) is 11.5. The van der Waals surface area contributed by atoms with Gasteiger partial charge in [-0.05, 0) is 29.8 Å². The largest absolute Gasteiger partial charge is 0.469 e. The summed E-state index contributed by atoms with van der Waals surface area (Å²) in [5, 5.41) is 7.19. The first kappa shape index (κ1) is 19.6. The lowest BCUT2D eigenvalue weighted by molar-refractivity contribution is 0.507. The van der Waals surface area contributed by atoms with Gasteiger partial charge in [0.25, 0.3) is 0 Å². The van der Waals surface area contributed by atoms with Gasteiger partial charge in [0.05, 0.1) is 12.8 Å². The van der Waals surface area contributed by atoms with E-state index in [0.29, 0.717) is 13.1 Å². The third-order valence-electron chi connectivity index (χ3n) is 2.97. The van der Waals surface area contributed by atoms with Crippen LogP contribution in [0.25, 0.3) is 0 Å². The maximum atomic E-state index is 5.98. The van der Waals surface area contributed by atoms with Gasteiger partial charge in [0.2, 0.25) is 0 Å². The summed E-state index contributed by atoms with van der Waals surface area (Å²) in [4.78, 5) is 4.55. The van der Waals surface area contributed by atoms with Crippen LogP contribution in [0.1, 0.15) is 11.3 Å². The van der Waals surface area contributed by atoms with E-state index >= 15 is 0 Å². The van der Waals surface area contributed by atoms with Gasteiger partial charge in [-0.1, -0.05) is 29.8 Å². The maximum Gasteiger partial charge on any atom is 0.191 e. The fraction of sp³-hybridized carbons (Fsp3) is 0.235. The number of aliphatic imine (C=N–C) groups is 1. The second kappa shape index (κ2) is 11.1. The monoisotopic (exact) mass is 445 g/mol. The average Bonchev–Trinajstić information content (AvgIpc) is 3.03. The summed E-state index contributed by atoms with van der Waals surface area (Å²) in [7, 11) is 0. The molecule has 0 unspecified atom stereocenters. The van der Waals surface area contributed by atoms with Gasteiger partial charge in [-0.15, -0.1) is 30.6 Å². The summed E-state index contributed by atoms with van der Waals surface area (Å²) in [6.45, 7) is 5.67. The van der Waals surface area contributed by atoms with Crippen LogP contribution in [0.2, 0.25) is 5.02 Å². The standard InChI is InChI=1S/C17H20ClN3O.HI/c1-2-9-19-17(20-10-8-16-7-4-11-22-16)21-13-14-5-3-6-15(18)12-14;/h2-7,11-12H,1,8-10,13H2,(H2,19,20,21);1H. The highest BCUT2D eigenvalue weighted by molar-refractivity contribution is 14.0. The van der Waals surface area contributed by atoms with Gasteiger partial charge in [0.15, 0.2) is 5.96 Å². The number of hydrogen-bond acceptors (Lipinski definition) is 2. The van der Waals surface area contributed by atoms with Gasteiger partial charge >= 0.3 is 0 Å². The lowest BCUT2D eigenvalue weighted by Crippen LogP contribution is -2.38. The summed E-state index contributed by atoms with van der Waals surface area (Å²) >= 11 is 5.98. The van der Waals surface area contributed by atoms with Crippen molar-refractivity contribution in [3.63, 3.8) is 0 Å². The molecular weight excluding hydrogens is 425 g/mol. The van der Waals surface area contributed by atoms with Crippen LogP contribution >= 0.6 is 35.6 Å². The maximum absolute atomic E-state index is 5.98. The van der Waals surface area contributed by atoms with Crippen LogP contribution in [-0.2, 0) is 13.0 Å². The summed E-state index contributed by atoms with van der Waals surface area (Å²) in [6.07, 6.45) is 4.28. The van der Waals surface area contributed by atoms with Crippen molar-refractivity contribution in [2.45, 2.75) is 13.0 Å². The highest BCUT2D eigenvalue weighted by Crippen LogP contribution is 2.11. The van der Waals surface area contributed by atoms with Crippen LogP contribution in [0, 0.1) is 0 Å². The van der Waals surface area contributed by atoms with Crippen LogP contribution < -0.4 is 10.6 Å². The Balaban J connectivity index is 0.00000264. The van der Waals surface area contributed by atoms with Crippen LogP contribution in [0.15, 0.2) is 64.7 Å². The molecule has 0 aliphatic heterocycles. The van der Waals surface area contributed by atoms with Crippen molar-refractivity contribution in [1.29, 1.82) is 0 Å². The Kier molecular flexibility index (Phi) is 9.47. The molecule has 0 saturated carbocycles. The van der Waals surface area contributed by atoms with E-state index in [9.17, 15) is 0 Å². The third kappa shape index (κ3) is 7.56. The molecule has 0 amide bonds. The van der Waals surface area contributed by atoms with E-state index in [0.717, 1.165) is 35.3 Å². The number of nitrogens with zero attached hydrogens (tertiary/aromatic N) is 1. The minimum atomic E-state index is 0. The lowest BCUT2D eigenvalue weighted by atomic mass is 10.2. The molecule has 0 radical (unpaired) electrons. The van der Waals surface area contributed by atoms with Crippen molar-refractivity contribution in [1.82, 2.24) is 10.6 Å². The molecular formula is C17H21ClIN3O. The van der Waals surface area contributed by atoms with Crippen LogP contribution in [0.5, 0.6) is 0 Å². The Bertz CT molecular complexity index is 614. The number of benzene rings is 1. The molecule has 2 rings (SSSR count). The second-order valence-electron chi connectivity index (χ2n) is 4.72. The molecule has 2 N–H and O–H groups in total. The predicted octanol–water partition coefficient (Wildman–Crippen LogP) is 4.01. The summed E-state index contributed by atoms with van der Waals surface area (Å²) in [5.74, 6) is 1.69. The highest BCUT2D eigenvalue weighted by atomic mass is 127. The second-order valence-corrected chi connectivity index (χ2v) is 5.16. The number of furan rings is 1. The van der Waals surface area contributed by atoms with Crippen molar-refractivity contribution in [3.05, 3.63) is 71.7 Å². The molecule has 0 spiro atoms. The number of halogens is 2. The molecule has 4 nitrogen and oxygen atoms in total. The smallest absolute Gasteiger partial charge is 0.191 e. The Morgan fingerprint density at radius 3 is 2.83 bits per heavy atom. The van der Waals surface area contributed by atoms with Crippen LogP contribution in [0.3, 0.4) is 0 Å². The van der Waals surface area contributed by atoms with Crippen molar-refractivity contribution < 1.29 is 4.42 Å². The molecule has 1 aromatic heterocycles. The number of rotatable bonds is 7. The molecule has 1 heterocycles. The fourth-order valence-corrected chi connectivity index (χ4v) is 2.12. The van der Waals surface area contributed by atoms with Gasteiger partial charge in [-0.25, -0.2) is 4.99 Å². The van der Waals surface area contributed by atoms with E-state index in [1.165, 1.54) is 0 Å². The van der Waals surface area contributed by atoms with E-state index in [4.69, 9.17) is 16.0 Å². The lowest BCUT2D eigenvalue weighted by Gasteiger charge is -2.11. The Hall–Kier alpha value is -1.47. The SMILES string of the molecule is C=CCNC(=NCc1cccc(Cl)c1)NCCc1ccco1.I. The molecule has 0 bridgehead atoms. The average molecular weight is 446 g/mol. The minimum Gasteiger partial charge on any atom is -0.469 e. The van der Waals surface area contributed by atoms with E-state index in [1.807, 2.05) is 36.4 Å². The van der Waals surface area contributed by atoms with Gasteiger partial charge in [0, 0.05) is 24.5 Å². The highest BCUT2D eigenvalue weighted by Gasteiger charge is 2.00. The predicted molar refractivity (Wildman–Crippen MR) is 107 cm³/mol. The quantitative estimate of drug-likeness (QED) is 0.293. The molecule has 0 aliphatic rings. The molecule has 124 valence electrons. The van der Waals surface area contributed by atoms with Gasteiger partial charge in [-0.2, -0.15) is 0 Å². The van der Waals surface area contributed by atoms with E-state index in [2.05, 4.69) is 22.2 Å². The Labute approximate surface area is 159 Å². The van der Waals surface area contributed by atoms with Crippen molar-refractivity contribution in [2.24, 2.45) is 4.99 Å². The number of hydrogen-bond donors (Lipinski definition) is 2. The number of nitrogens with one attached hydrogen (secondary N) is 2. The molecule has 0 aliphatic carbocycles. The van der Waals surface area contributed by atoms with Crippen molar-refractivity contribution in [2.75, 3.05) is 13.1 Å². The van der Waals surface area contributed by atoms with Crippen molar-refractivity contribution in [3.8, 4) is 0 Å². The zero-order valence-electron chi connectivity index (χ0n) is 12.8. The molecule has 23 heavy (non-hydrogen) atoms. The molecule has 0 saturated heterocycles.